The van der Waals surface area contributed by atoms with Gasteiger partial charge in [-0.05, 0) is 19.8 Å². The van der Waals surface area contributed by atoms with Crippen LogP contribution in [0.5, 0.6) is 0 Å². The Morgan fingerprint density at radius 1 is 1.24 bits per heavy atom. The SMILES string of the molecule is Cc1nccn1CCN(C)c1nc(C2CCCC2)nc2c1cnn2C. The summed E-state index contributed by atoms with van der Waals surface area (Å²) < 4.78 is 4.02. The lowest BCUT2D eigenvalue weighted by Crippen LogP contribution is -2.25. The van der Waals surface area contributed by atoms with Gasteiger partial charge in [-0.2, -0.15) is 5.10 Å². The molecule has 3 aromatic rings. The minimum absolute atomic E-state index is 0.488. The summed E-state index contributed by atoms with van der Waals surface area (Å²) in [4.78, 5) is 16.3. The van der Waals surface area contributed by atoms with Crippen molar-refractivity contribution in [2.45, 2.75) is 45.1 Å². The highest BCUT2D eigenvalue weighted by molar-refractivity contribution is 5.86. The molecule has 0 unspecified atom stereocenters. The van der Waals surface area contributed by atoms with Crippen molar-refractivity contribution in [1.29, 1.82) is 0 Å². The molecule has 7 nitrogen and oxygen atoms in total. The normalized spacial score (nSPS) is 15.3. The van der Waals surface area contributed by atoms with Gasteiger partial charge in [-0.25, -0.2) is 15.0 Å². The first-order chi connectivity index (χ1) is 12.1. The zero-order valence-electron chi connectivity index (χ0n) is 15.2. The molecule has 3 heterocycles. The van der Waals surface area contributed by atoms with Crippen molar-refractivity contribution in [1.82, 2.24) is 29.3 Å². The Morgan fingerprint density at radius 2 is 2.04 bits per heavy atom. The first-order valence-corrected chi connectivity index (χ1v) is 9.02. The summed E-state index contributed by atoms with van der Waals surface area (Å²) in [5.41, 5.74) is 0.928. The van der Waals surface area contributed by atoms with Crippen molar-refractivity contribution in [2.24, 2.45) is 7.05 Å². The number of likely N-dealkylation sites (N-methyl/N-ethyl adjacent to an activating group) is 1. The summed E-state index contributed by atoms with van der Waals surface area (Å²) in [6.45, 7) is 3.78. The van der Waals surface area contributed by atoms with E-state index in [1.54, 1.807) is 0 Å². The highest BCUT2D eigenvalue weighted by Gasteiger charge is 2.23. The lowest BCUT2D eigenvalue weighted by Gasteiger charge is -2.21. The summed E-state index contributed by atoms with van der Waals surface area (Å²) in [7, 11) is 4.05. The van der Waals surface area contributed by atoms with Crippen LogP contribution in [0.3, 0.4) is 0 Å². The van der Waals surface area contributed by atoms with Crippen molar-refractivity contribution >= 4 is 16.9 Å². The maximum absolute atomic E-state index is 4.96. The molecule has 0 spiro atoms. The summed E-state index contributed by atoms with van der Waals surface area (Å²) in [5.74, 6) is 3.49. The van der Waals surface area contributed by atoms with E-state index in [9.17, 15) is 0 Å². The second-order valence-electron chi connectivity index (χ2n) is 6.98. The molecule has 1 aliphatic rings. The number of nitrogens with zero attached hydrogens (tertiary/aromatic N) is 7. The smallest absolute Gasteiger partial charge is 0.163 e. The fourth-order valence-electron chi connectivity index (χ4n) is 3.68. The quantitative estimate of drug-likeness (QED) is 0.715. The second kappa shape index (κ2) is 6.46. The molecule has 1 fully saturated rings. The third-order valence-electron chi connectivity index (χ3n) is 5.27. The third-order valence-corrected chi connectivity index (χ3v) is 5.27. The molecule has 7 heteroatoms. The predicted molar refractivity (Wildman–Crippen MR) is 97.7 cm³/mol. The fraction of sp³-hybridized carbons (Fsp3) is 0.556. The van der Waals surface area contributed by atoms with Crippen LogP contribution in [0.15, 0.2) is 18.6 Å². The van der Waals surface area contributed by atoms with Gasteiger partial charge in [0.2, 0.25) is 0 Å². The first-order valence-electron chi connectivity index (χ1n) is 9.02. The first kappa shape index (κ1) is 16.1. The van der Waals surface area contributed by atoms with E-state index in [1.807, 2.05) is 37.2 Å². The molecule has 0 aliphatic heterocycles. The monoisotopic (exact) mass is 339 g/mol. The molecule has 0 N–H and O–H groups in total. The Kier molecular flexibility index (Phi) is 4.15. The Hall–Kier alpha value is -2.44. The summed E-state index contributed by atoms with van der Waals surface area (Å²) in [5, 5.41) is 5.43. The van der Waals surface area contributed by atoms with E-state index in [-0.39, 0.29) is 0 Å². The van der Waals surface area contributed by atoms with Crippen LogP contribution in [0.25, 0.3) is 11.0 Å². The van der Waals surface area contributed by atoms with E-state index >= 15 is 0 Å². The number of aromatic nitrogens is 6. The standard InChI is InChI=1S/C18H25N7/c1-13-19-8-9-25(13)11-10-23(2)17-15-12-20-24(3)18(15)22-16(21-17)14-6-4-5-7-14/h8-9,12,14H,4-7,10-11H2,1-3H3. The van der Waals surface area contributed by atoms with Gasteiger partial charge >= 0.3 is 0 Å². The molecule has 1 saturated carbocycles. The van der Waals surface area contributed by atoms with E-state index in [1.165, 1.54) is 25.7 Å². The van der Waals surface area contributed by atoms with Crippen LogP contribution in [0.2, 0.25) is 0 Å². The number of aryl methyl sites for hydroxylation is 2. The Bertz CT molecular complexity index is 873. The van der Waals surface area contributed by atoms with Gasteiger partial charge in [0.25, 0.3) is 0 Å². The van der Waals surface area contributed by atoms with Crippen molar-refractivity contribution in [3.8, 4) is 0 Å². The Labute approximate surface area is 147 Å². The predicted octanol–water partition coefficient (Wildman–Crippen LogP) is 2.66. The molecule has 0 saturated heterocycles. The Morgan fingerprint density at radius 3 is 2.76 bits per heavy atom. The van der Waals surface area contributed by atoms with Gasteiger partial charge in [-0.15, -0.1) is 0 Å². The number of hydrogen-bond acceptors (Lipinski definition) is 5. The minimum Gasteiger partial charge on any atom is -0.357 e. The average molecular weight is 339 g/mol. The van der Waals surface area contributed by atoms with E-state index in [2.05, 4.69) is 26.6 Å². The summed E-state index contributed by atoms with van der Waals surface area (Å²) >= 11 is 0. The van der Waals surface area contributed by atoms with Crippen LogP contribution in [0.4, 0.5) is 5.82 Å². The van der Waals surface area contributed by atoms with E-state index in [0.717, 1.165) is 41.6 Å². The molecule has 3 aromatic heterocycles. The fourth-order valence-corrected chi connectivity index (χ4v) is 3.68. The van der Waals surface area contributed by atoms with Crippen molar-refractivity contribution in [2.75, 3.05) is 18.5 Å². The van der Waals surface area contributed by atoms with Gasteiger partial charge in [0.15, 0.2) is 5.65 Å². The number of imidazole rings is 1. The van der Waals surface area contributed by atoms with Crippen LogP contribution in [0.1, 0.15) is 43.3 Å². The van der Waals surface area contributed by atoms with Gasteiger partial charge in [-0.1, -0.05) is 12.8 Å². The summed E-state index contributed by atoms with van der Waals surface area (Å²) in [6.07, 6.45) is 10.7. The number of rotatable bonds is 5. The molecular formula is C18H25N7. The molecule has 0 amide bonds. The molecule has 0 radical (unpaired) electrons. The third kappa shape index (κ3) is 2.99. The number of hydrogen-bond donors (Lipinski definition) is 0. The van der Waals surface area contributed by atoms with Gasteiger partial charge in [0.1, 0.15) is 17.5 Å². The van der Waals surface area contributed by atoms with Crippen LogP contribution < -0.4 is 4.90 Å². The molecule has 1 aliphatic carbocycles. The van der Waals surface area contributed by atoms with Crippen LogP contribution in [-0.2, 0) is 13.6 Å². The maximum Gasteiger partial charge on any atom is 0.163 e. The Balaban J connectivity index is 1.65. The second-order valence-corrected chi connectivity index (χ2v) is 6.98. The molecule has 132 valence electrons. The van der Waals surface area contributed by atoms with Crippen LogP contribution >= 0.6 is 0 Å². The van der Waals surface area contributed by atoms with Crippen molar-refractivity contribution in [3.05, 3.63) is 30.2 Å². The molecule has 4 rings (SSSR count). The van der Waals surface area contributed by atoms with E-state index in [0.29, 0.717) is 5.92 Å². The van der Waals surface area contributed by atoms with E-state index in [4.69, 9.17) is 9.97 Å². The van der Waals surface area contributed by atoms with Crippen LogP contribution in [0, 0.1) is 6.92 Å². The maximum atomic E-state index is 4.96. The number of anilines is 1. The van der Waals surface area contributed by atoms with Crippen LogP contribution in [-0.4, -0.2) is 42.9 Å². The minimum atomic E-state index is 0.488. The summed E-state index contributed by atoms with van der Waals surface area (Å²) in [6, 6.07) is 0. The molecular weight excluding hydrogens is 314 g/mol. The highest BCUT2D eigenvalue weighted by Crippen LogP contribution is 2.34. The number of fused-ring (bicyclic) bond motifs is 1. The zero-order valence-corrected chi connectivity index (χ0v) is 15.2. The zero-order chi connectivity index (χ0) is 17.4. The van der Waals surface area contributed by atoms with Gasteiger partial charge < -0.3 is 9.47 Å². The molecule has 0 atom stereocenters. The van der Waals surface area contributed by atoms with Crippen molar-refractivity contribution < 1.29 is 0 Å². The van der Waals surface area contributed by atoms with Crippen molar-refractivity contribution in [3.63, 3.8) is 0 Å². The molecule has 0 aromatic carbocycles. The van der Waals surface area contributed by atoms with E-state index < -0.39 is 0 Å². The van der Waals surface area contributed by atoms with Gasteiger partial charge in [0, 0.05) is 45.5 Å². The van der Waals surface area contributed by atoms with Gasteiger partial charge in [-0.3, -0.25) is 4.68 Å². The molecule has 0 bridgehead atoms. The highest BCUT2D eigenvalue weighted by atomic mass is 15.3. The van der Waals surface area contributed by atoms with Gasteiger partial charge in [0.05, 0.1) is 11.6 Å². The lowest BCUT2D eigenvalue weighted by atomic mass is 10.1. The topological polar surface area (TPSA) is 64.7 Å². The molecule has 25 heavy (non-hydrogen) atoms. The lowest BCUT2D eigenvalue weighted by molar-refractivity contribution is 0.648. The average Bonchev–Trinajstić information content (AvgIpc) is 3.34. The largest absolute Gasteiger partial charge is 0.357 e.